The minimum atomic E-state index is -5.21. The molecule has 2 aromatic carbocycles. The predicted octanol–water partition coefficient (Wildman–Crippen LogP) is 7.98. The van der Waals surface area contributed by atoms with E-state index in [0.717, 1.165) is 23.0 Å². The number of halogens is 9. The molecule has 0 radical (unpaired) electrons. The maximum absolute atomic E-state index is 14.1. The van der Waals surface area contributed by atoms with Crippen LogP contribution in [-0.2, 0) is 35.2 Å². The Hall–Kier alpha value is -4.18. The average Bonchev–Trinajstić information content (AvgIpc) is 3.44. The molecule has 0 saturated heterocycles. The molecule has 2 aliphatic rings. The summed E-state index contributed by atoms with van der Waals surface area (Å²) in [6.07, 6.45) is -13.7. The van der Waals surface area contributed by atoms with Crippen molar-refractivity contribution in [3.05, 3.63) is 70.0 Å². The van der Waals surface area contributed by atoms with Gasteiger partial charge >= 0.3 is 24.5 Å². The van der Waals surface area contributed by atoms with Gasteiger partial charge in [-0.2, -0.15) is 44.3 Å². The van der Waals surface area contributed by atoms with Crippen molar-refractivity contribution in [3.8, 4) is 0 Å². The Kier molecular flexibility index (Phi) is 9.78. The molecule has 5 rings (SSSR count). The number of aromatic nitrogens is 4. The van der Waals surface area contributed by atoms with Crippen LogP contribution in [0.25, 0.3) is 0 Å². The lowest BCUT2D eigenvalue weighted by molar-refractivity contribution is -0.143. The highest BCUT2D eigenvalue weighted by Gasteiger charge is 2.46. The number of carboxylic acids is 1. The lowest BCUT2D eigenvalue weighted by Gasteiger charge is -2.45. The zero-order valence-corrected chi connectivity index (χ0v) is 26.2. The normalized spacial score (nSPS) is 22.5. The number of amides is 1. The zero-order valence-electron chi connectivity index (χ0n) is 26.2. The first kappa shape index (κ1) is 36.1. The maximum Gasteiger partial charge on any atom is 0.416 e. The second-order valence-electron chi connectivity index (χ2n) is 12.7. The lowest BCUT2D eigenvalue weighted by atomic mass is 9.72. The van der Waals surface area contributed by atoms with Crippen molar-refractivity contribution in [3.63, 3.8) is 0 Å². The highest BCUT2D eigenvalue weighted by Crippen LogP contribution is 2.51. The number of anilines is 1. The summed E-state index contributed by atoms with van der Waals surface area (Å²) >= 11 is 0. The van der Waals surface area contributed by atoms with Crippen LogP contribution >= 0.6 is 0 Å². The molecular weight excluding hydrogens is 673 g/mol. The number of hydrogen-bond donors (Lipinski definition) is 1. The molecule has 49 heavy (non-hydrogen) atoms. The molecule has 2 heterocycles. The number of fused-ring (bicyclic) bond motifs is 1. The molecule has 1 aliphatic carbocycles. The van der Waals surface area contributed by atoms with Crippen molar-refractivity contribution in [2.75, 3.05) is 4.90 Å². The second kappa shape index (κ2) is 13.3. The summed E-state index contributed by atoms with van der Waals surface area (Å²) in [5, 5.41) is 20.9. The lowest BCUT2D eigenvalue weighted by Crippen LogP contribution is -2.48. The van der Waals surface area contributed by atoms with Crippen LogP contribution in [0.15, 0.2) is 36.4 Å². The number of carbonyl (C=O) groups excluding carboxylic acids is 1. The first-order chi connectivity index (χ1) is 22.8. The van der Waals surface area contributed by atoms with E-state index >= 15 is 0 Å². The van der Waals surface area contributed by atoms with E-state index < -0.39 is 76.5 Å². The molecule has 266 valence electrons. The SMILES string of the molecule is CC[C@@H]1C[C@@H](C(c2cc(C(F)(F)F)cc(C(F)(F)F)c2)c2nnn(C)n2)c2cc(C(F)(F)F)ccc2N1C(=O)C1CCC(CC(=O)O)CC1. The van der Waals surface area contributed by atoms with Gasteiger partial charge in [0.2, 0.25) is 5.91 Å². The minimum Gasteiger partial charge on any atom is -0.481 e. The van der Waals surface area contributed by atoms with Gasteiger partial charge in [0.15, 0.2) is 5.82 Å². The van der Waals surface area contributed by atoms with Crippen molar-refractivity contribution in [1.82, 2.24) is 20.2 Å². The van der Waals surface area contributed by atoms with E-state index in [1.54, 1.807) is 6.92 Å². The number of benzene rings is 2. The number of carbonyl (C=O) groups is 2. The van der Waals surface area contributed by atoms with Crippen LogP contribution in [0.1, 0.15) is 97.3 Å². The first-order valence-electron chi connectivity index (χ1n) is 15.6. The molecular formula is C32H32F9N5O3. The summed E-state index contributed by atoms with van der Waals surface area (Å²) in [6, 6.07) is 2.93. The molecule has 17 heteroatoms. The molecule has 1 aliphatic heterocycles. The number of hydrogen-bond acceptors (Lipinski definition) is 5. The Labute approximate surface area is 274 Å². The number of tetrazole rings is 1. The largest absolute Gasteiger partial charge is 0.481 e. The van der Waals surface area contributed by atoms with Gasteiger partial charge in [-0.15, -0.1) is 10.2 Å². The minimum absolute atomic E-state index is 0.0400. The number of aryl methyl sites for hydroxylation is 1. The molecule has 1 saturated carbocycles. The molecule has 1 N–H and O–H groups in total. The van der Waals surface area contributed by atoms with Gasteiger partial charge in [0.25, 0.3) is 0 Å². The molecule has 1 aromatic heterocycles. The Bertz CT molecular complexity index is 1660. The summed E-state index contributed by atoms with van der Waals surface area (Å²) < 4.78 is 126. The van der Waals surface area contributed by atoms with Crippen LogP contribution in [0, 0.1) is 11.8 Å². The highest BCUT2D eigenvalue weighted by atomic mass is 19.4. The fourth-order valence-electron chi connectivity index (χ4n) is 7.13. The van der Waals surface area contributed by atoms with Crippen LogP contribution in [-0.4, -0.2) is 43.2 Å². The van der Waals surface area contributed by atoms with Gasteiger partial charge in [-0.3, -0.25) is 9.59 Å². The third kappa shape index (κ3) is 7.69. The maximum atomic E-state index is 14.1. The summed E-state index contributed by atoms with van der Waals surface area (Å²) in [5.74, 6) is -5.12. The van der Waals surface area contributed by atoms with Crippen molar-refractivity contribution >= 4 is 17.6 Å². The van der Waals surface area contributed by atoms with Crippen molar-refractivity contribution < 1.29 is 54.2 Å². The van der Waals surface area contributed by atoms with E-state index in [-0.39, 0.29) is 48.3 Å². The Morgan fingerprint density at radius 3 is 1.96 bits per heavy atom. The zero-order chi connectivity index (χ0) is 36.1. The number of alkyl halides is 9. The quantitative estimate of drug-likeness (QED) is 0.250. The van der Waals surface area contributed by atoms with Crippen LogP contribution in [0.3, 0.4) is 0 Å². The molecule has 0 spiro atoms. The number of nitrogens with zero attached hydrogens (tertiary/aromatic N) is 5. The van der Waals surface area contributed by atoms with E-state index in [9.17, 15) is 49.1 Å². The molecule has 1 fully saturated rings. The summed E-state index contributed by atoms with van der Waals surface area (Å²) in [7, 11) is 1.32. The Morgan fingerprint density at radius 2 is 1.47 bits per heavy atom. The Balaban J connectivity index is 1.68. The third-order valence-electron chi connectivity index (χ3n) is 9.45. The van der Waals surface area contributed by atoms with E-state index in [1.165, 1.54) is 11.9 Å². The van der Waals surface area contributed by atoms with E-state index in [4.69, 9.17) is 5.11 Å². The fraction of sp³-hybridized carbons (Fsp3) is 0.531. The van der Waals surface area contributed by atoms with Crippen molar-refractivity contribution in [2.45, 2.75) is 88.3 Å². The van der Waals surface area contributed by atoms with Gasteiger partial charge in [0, 0.05) is 30.0 Å². The fourth-order valence-corrected chi connectivity index (χ4v) is 7.13. The number of aliphatic carboxylic acids is 1. The van der Waals surface area contributed by atoms with E-state index in [1.807, 2.05) is 0 Å². The Morgan fingerprint density at radius 1 is 0.878 bits per heavy atom. The molecule has 1 unspecified atom stereocenters. The molecule has 3 aromatic rings. The molecule has 0 bridgehead atoms. The average molecular weight is 706 g/mol. The summed E-state index contributed by atoms with van der Waals surface area (Å²) in [4.78, 5) is 27.6. The summed E-state index contributed by atoms with van der Waals surface area (Å²) in [6.45, 7) is 1.71. The van der Waals surface area contributed by atoms with Gasteiger partial charge in [-0.25, -0.2) is 0 Å². The summed E-state index contributed by atoms with van der Waals surface area (Å²) in [5.41, 5.74) is -4.96. The van der Waals surface area contributed by atoms with Crippen molar-refractivity contribution in [2.24, 2.45) is 18.9 Å². The molecule has 1 amide bonds. The van der Waals surface area contributed by atoms with Gasteiger partial charge in [-0.1, -0.05) is 6.92 Å². The topological polar surface area (TPSA) is 101 Å². The number of carboxylic acid groups (broad SMARTS) is 1. The molecule has 8 nitrogen and oxygen atoms in total. The van der Waals surface area contributed by atoms with Gasteiger partial charge in [-0.05, 0) is 97.2 Å². The second-order valence-corrected chi connectivity index (χ2v) is 12.7. The van der Waals surface area contributed by atoms with Crippen LogP contribution in [0.4, 0.5) is 45.2 Å². The van der Waals surface area contributed by atoms with Gasteiger partial charge in [0.1, 0.15) is 0 Å². The van der Waals surface area contributed by atoms with Crippen LogP contribution < -0.4 is 4.90 Å². The van der Waals surface area contributed by atoms with Crippen LogP contribution in [0.2, 0.25) is 0 Å². The van der Waals surface area contributed by atoms with Gasteiger partial charge in [0.05, 0.1) is 29.7 Å². The van der Waals surface area contributed by atoms with E-state index in [2.05, 4.69) is 15.4 Å². The highest BCUT2D eigenvalue weighted by molar-refractivity contribution is 5.97. The predicted molar refractivity (Wildman–Crippen MR) is 155 cm³/mol. The first-order valence-corrected chi connectivity index (χ1v) is 15.6. The smallest absolute Gasteiger partial charge is 0.416 e. The van der Waals surface area contributed by atoms with Gasteiger partial charge < -0.3 is 10.0 Å². The van der Waals surface area contributed by atoms with Crippen molar-refractivity contribution in [1.29, 1.82) is 0 Å². The molecule has 3 atom stereocenters. The van der Waals surface area contributed by atoms with E-state index in [0.29, 0.717) is 37.8 Å². The number of rotatable bonds is 7. The third-order valence-corrected chi connectivity index (χ3v) is 9.45. The van der Waals surface area contributed by atoms with Crippen LogP contribution in [0.5, 0.6) is 0 Å². The monoisotopic (exact) mass is 705 g/mol. The standard InChI is InChI=1S/C32H32F9N5O3/c1-3-22-15-24(27(28-42-44-45(2)43-28)18-11-20(31(36,37)38)13-21(12-18)32(39,40)41)23-14-19(30(33,34)35)8-9-25(23)46(22)29(49)17-6-4-16(5-7-17)10-26(47)48/h8-9,11-14,16-17,22,24,27H,3-7,10,15H2,1-2H3,(H,47,48)/t16?,17?,22-,24-,27?/m1/s1.